The van der Waals surface area contributed by atoms with E-state index in [1.165, 1.54) is 6.07 Å². The fourth-order valence-corrected chi connectivity index (χ4v) is 2.79. The largest absolute Gasteiger partial charge is 0.490 e. The molecule has 0 aliphatic heterocycles. The molecular formula is C20H30F2N2O4. The van der Waals surface area contributed by atoms with Crippen LogP contribution in [0.5, 0.6) is 11.5 Å². The monoisotopic (exact) mass is 400 g/mol. The van der Waals surface area contributed by atoms with Gasteiger partial charge in [-0.1, -0.05) is 6.07 Å². The van der Waals surface area contributed by atoms with E-state index in [1.54, 1.807) is 35.9 Å². The van der Waals surface area contributed by atoms with E-state index in [-0.39, 0.29) is 29.7 Å². The van der Waals surface area contributed by atoms with Crippen LogP contribution in [0, 0.1) is 0 Å². The predicted molar refractivity (Wildman–Crippen MR) is 102 cm³/mol. The van der Waals surface area contributed by atoms with Crippen LogP contribution in [0.3, 0.4) is 0 Å². The number of ether oxygens (including phenoxy) is 2. The predicted octanol–water partition coefficient (Wildman–Crippen LogP) is 3.68. The first-order valence-electron chi connectivity index (χ1n) is 9.54. The summed E-state index contributed by atoms with van der Waals surface area (Å²) in [5, 5.41) is 0. The SMILES string of the molecule is CCOc1cc(CN(C)C(=O)CCCC(=O)N(CC)CC)ccc1OC(F)F. The molecule has 0 N–H and O–H groups in total. The molecule has 2 amide bonds. The summed E-state index contributed by atoms with van der Waals surface area (Å²) < 4.78 is 34.7. The third-order valence-electron chi connectivity index (χ3n) is 4.27. The molecule has 0 aromatic heterocycles. The molecule has 0 radical (unpaired) electrons. The minimum absolute atomic E-state index is 0.0375. The van der Waals surface area contributed by atoms with Crippen molar-refractivity contribution in [1.82, 2.24) is 9.80 Å². The van der Waals surface area contributed by atoms with Gasteiger partial charge >= 0.3 is 6.61 Å². The van der Waals surface area contributed by atoms with Crippen molar-refractivity contribution in [2.45, 2.75) is 53.2 Å². The number of benzene rings is 1. The van der Waals surface area contributed by atoms with E-state index in [0.717, 1.165) is 5.56 Å². The van der Waals surface area contributed by atoms with Gasteiger partial charge in [-0.3, -0.25) is 9.59 Å². The number of halogens is 2. The van der Waals surface area contributed by atoms with Gasteiger partial charge in [0, 0.05) is 39.5 Å². The number of nitrogens with zero attached hydrogens (tertiary/aromatic N) is 2. The zero-order valence-corrected chi connectivity index (χ0v) is 17.0. The average molecular weight is 400 g/mol. The maximum Gasteiger partial charge on any atom is 0.387 e. The summed E-state index contributed by atoms with van der Waals surface area (Å²) in [6.07, 6.45) is 1.10. The number of amides is 2. The van der Waals surface area contributed by atoms with Crippen LogP contribution in [0.1, 0.15) is 45.6 Å². The van der Waals surface area contributed by atoms with Crippen LogP contribution < -0.4 is 9.47 Å². The zero-order valence-electron chi connectivity index (χ0n) is 17.0. The molecule has 0 saturated heterocycles. The van der Waals surface area contributed by atoms with E-state index in [0.29, 0.717) is 39.1 Å². The lowest BCUT2D eigenvalue weighted by atomic mass is 10.1. The smallest absolute Gasteiger partial charge is 0.387 e. The van der Waals surface area contributed by atoms with Crippen LogP contribution in [0.15, 0.2) is 18.2 Å². The minimum atomic E-state index is -2.94. The Balaban J connectivity index is 2.61. The summed E-state index contributed by atoms with van der Waals surface area (Å²) in [5.74, 6) is 0.144. The molecule has 6 nitrogen and oxygen atoms in total. The second kappa shape index (κ2) is 12.2. The summed E-state index contributed by atoms with van der Waals surface area (Å²) >= 11 is 0. The van der Waals surface area contributed by atoms with E-state index in [9.17, 15) is 18.4 Å². The van der Waals surface area contributed by atoms with Crippen LogP contribution in [0.25, 0.3) is 0 Å². The lowest BCUT2D eigenvalue weighted by Gasteiger charge is -2.20. The molecule has 158 valence electrons. The highest BCUT2D eigenvalue weighted by Crippen LogP contribution is 2.30. The van der Waals surface area contributed by atoms with Gasteiger partial charge in [-0.05, 0) is 44.9 Å². The molecule has 0 spiro atoms. The van der Waals surface area contributed by atoms with E-state index >= 15 is 0 Å². The topological polar surface area (TPSA) is 59.1 Å². The third kappa shape index (κ3) is 7.70. The van der Waals surface area contributed by atoms with Crippen molar-refractivity contribution < 1.29 is 27.8 Å². The second-order valence-corrected chi connectivity index (χ2v) is 6.26. The lowest BCUT2D eigenvalue weighted by molar-refractivity contribution is -0.132. The van der Waals surface area contributed by atoms with Gasteiger partial charge in [0.25, 0.3) is 0 Å². The molecule has 0 heterocycles. The number of carbonyl (C=O) groups excluding carboxylic acids is 2. The molecule has 1 aromatic carbocycles. The number of carbonyl (C=O) groups is 2. The number of rotatable bonds is 12. The average Bonchev–Trinajstić information content (AvgIpc) is 2.64. The highest BCUT2D eigenvalue weighted by Gasteiger charge is 2.15. The molecule has 0 bridgehead atoms. The quantitative estimate of drug-likeness (QED) is 0.537. The van der Waals surface area contributed by atoms with Gasteiger partial charge in [-0.25, -0.2) is 0 Å². The molecule has 28 heavy (non-hydrogen) atoms. The first-order chi connectivity index (χ1) is 13.3. The Kier molecular flexibility index (Phi) is 10.3. The fraction of sp³-hybridized carbons (Fsp3) is 0.600. The van der Waals surface area contributed by atoms with Crippen LogP contribution in [0.4, 0.5) is 8.78 Å². The molecule has 0 aliphatic carbocycles. The zero-order chi connectivity index (χ0) is 21.1. The summed E-state index contributed by atoms with van der Waals surface area (Å²) in [6, 6.07) is 4.62. The van der Waals surface area contributed by atoms with E-state index < -0.39 is 6.61 Å². The molecule has 8 heteroatoms. The Hall–Kier alpha value is -2.38. The van der Waals surface area contributed by atoms with Crippen LogP contribution in [-0.2, 0) is 16.1 Å². The van der Waals surface area contributed by atoms with Crippen molar-refractivity contribution in [2.75, 3.05) is 26.7 Å². The van der Waals surface area contributed by atoms with Gasteiger partial charge in [-0.15, -0.1) is 0 Å². The fourth-order valence-electron chi connectivity index (χ4n) is 2.79. The number of hydrogen-bond acceptors (Lipinski definition) is 4. The first kappa shape index (κ1) is 23.7. The van der Waals surface area contributed by atoms with Gasteiger partial charge < -0.3 is 19.3 Å². The van der Waals surface area contributed by atoms with Gasteiger partial charge in [0.15, 0.2) is 11.5 Å². The highest BCUT2D eigenvalue weighted by atomic mass is 19.3. The lowest BCUT2D eigenvalue weighted by Crippen LogP contribution is -2.31. The number of hydrogen-bond donors (Lipinski definition) is 0. The Bertz CT molecular complexity index is 637. The number of alkyl halides is 2. The molecule has 0 atom stereocenters. The van der Waals surface area contributed by atoms with E-state index in [2.05, 4.69) is 4.74 Å². The standard InChI is InChI=1S/C20H30F2N2O4/c1-5-24(6-2)19(26)10-8-9-18(25)23(4)14-15-11-12-16(28-20(21)22)17(13-15)27-7-3/h11-13,20H,5-10,14H2,1-4H3. The maximum absolute atomic E-state index is 12.5. The van der Waals surface area contributed by atoms with Crippen molar-refractivity contribution >= 4 is 11.8 Å². The van der Waals surface area contributed by atoms with Gasteiger partial charge in [0.05, 0.1) is 6.61 Å². The first-order valence-corrected chi connectivity index (χ1v) is 9.54. The summed E-state index contributed by atoms with van der Waals surface area (Å²) in [6.45, 7) is 4.59. The molecular weight excluding hydrogens is 370 g/mol. The Labute approximate surface area is 165 Å². The minimum Gasteiger partial charge on any atom is -0.490 e. The van der Waals surface area contributed by atoms with Crippen molar-refractivity contribution in [2.24, 2.45) is 0 Å². The third-order valence-corrected chi connectivity index (χ3v) is 4.27. The molecule has 0 fully saturated rings. The van der Waals surface area contributed by atoms with E-state index in [1.807, 2.05) is 13.8 Å². The molecule has 0 unspecified atom stereocenters. The van der Waals surface area contributed by atoms with Gasteiger partial charge in [-0.2, -0.15) is 8.78 Å². The maximum atomic E-state index is 12.5. The van der Waals surface area contributed by atoms with Crippen molar-refractivity contribution in [3.8, 4) is 11.5 Å². The molecule has 0 aliphatic rings. The summed E-state index contributed by atoms with van der Waals surface area (Å²) in [4.78, 5) is 27.6. The van der Waals surface area contributed by atoms with Crippen LogP contribution >= 0.6 is 0 Å². The molecule has 0 saturated carbocycles. The molecule has 1 rings (SSSR count). The normalized spacial score (nSPS) is 10.7. The van der Waals surface area contributed by atoms with Crippen LogP contribution in [0.2, 0.25) is 0 Å². The Morgan fingerprint density at radius 3 is 2.25 bits per heavy atom. The Morgan fingerprint density at radius 1 is 1.04 bits per heavy atom. The van der Waals surface area contributed by atoms with Gasteiger partial charge in [0.2, 0.25) is 11.8 Å². The Morgan fingerprint density at radius 2 is 1.68 bits per heavy atom. The summed E-state index contributed by atoms with van der Waals surface area (Å²) in [5.41, 5.74) is 0.736. The summed E-state index contributed by atoms with van der Waals surface area (Å²) in [7, 11) is 1.67. The molecule has 1 aromatic rings. The highest BCUT2D eigenvalue weighted by molar-refractivity contribution is 5.79. The van der Waals surface area contributed by atoms with Crippen molar-refractivity contribution in [1.29, 1.82) is 0 Å². The van der Waals surface area contributed by atoms with Crippen LogP contribution in [-0.4, -0.2) is 55.0 Å². The second-order valence-electron chi connectivity index (χ2n) is 6.26. The van der Waals surface area contributed by atoms with Crippen molar-refractivity contribution in [3.63, 3.8) is 0 Å². The van der Waals surface area contributed by atoms with Gasteiger partial charge in [0.1, 0.15) is 0 Å². The van der Waals surface area contributed by atoms with Crippen molar-refractivity contribution in [3.05, 3.63) is 23.8 Å². The van der Waals surface area contributed by atoms with E-state index in [4.69, 9.17) is 4.74 Å².